The van der Waals surface area contributed by atoms with Gasteiger partial charge in [0.2, 0.25) is 0 Å². The van der Waals surface area contributed by atoms with Crippen LogP contribution in [0.4, 0.5) is 0 Å². The predicted molar refractivity (Wildman–Crippen MR) is 78.4 cm³/mol. The molecule has 0 saturated carbocycles. The van der Waals surface area contributed by atoms with Crippen LogP contribution >= 0.6 is 23.4 Å². The Morgan fingerprint density at radius 2 is 1.83 bits per heavy atom. The highest BCUT2D eigenvalue weighted by Gasteiger charge is 2.26. The molecular weight excluding hydrogens is 266 g/mol. The normalized spacial score (nSPS) is 24.1. The first-order valence-corrected chi connectivity index (χ1v) is 7.67. The number of carbonyl (C=O) groups excluding carboxylic acids is 1. The van der Waals surface area contributed by atoms with Gasteiger partial charge in [-0.3, -0.25) is 4.79 Å². The van der Waals surface area contributed by atoms with Crippen molar-refractivity contribution in [2.75, 3.05) is 13.1 Å². The standard InChI is InChI=1S/C14H18ClNOS/c1-10-8-16(9-11(2)18-10)14(17)13-5-3-12(7-15)4-6-13/h3-6,10-11H,7-9H2,1-2H3. The average Bonchev–Trinajstić information content (AvgIpc) is 2.37. The van der Waals surface area contributed by atoms with Crippen molar-refractivity contribution in [1.29, 1.82) is 0 Å². The van der Waals surface area contributed by atoms with Gasteiger partial charge in [-0.05, 0) is 17.7 Å². The Morgan fingerprint density at radius 3 is 2.33 bits per heavy atom. The first kappa shape index (κ1) is 13.8. The summed E-state index contributed by atoms with van der Waals surface area (Å²) >= 11 is 7.70. The van der Waals surface area contributed by atoms with Gasteiger partial charge in [0.05, 0.1) is 0 Å². The SMILES string of the molecule is CC1CN(C(=O)c2ccc(CCl)cc2)CC(C)S1. The van der Waals surface area contributed by atoms with E-state index in [-0.39, 0.29) is 5.91 Å². The molecule has 2 atom stereocenters. The maximum Gasteiger partial charge on any atom is 0.253 e. The molecule has 0 N–H and O–H groups in total. The summed E-state index contributed by atoms with van der Waals surface area (Å²) < 4.78 is 0. The zero-order valence-corrected chi connectivity index (χ0v) is 12.3. The molecule has 1 heterocycles. The van der Waals surface area contributed by atoms with Crippen LogP contribution in [0, 0.1) is 0 Å². The molecule has 2 unspecified atom stereocenters. The topological polar surface area (TPSA) is 20.3 Å². The molecule has 1 amide bonds. The third-order valence-corrected chi connectivity index (χ3v) is 4.60. The van der Waals surface area contributed by atoms with Crippen molar-refractivity contribution in [1.82, 2.24) is 4.90 Å². The second-order valence-electron chi connectivity index (χ2n) is 4.80. The van der Waals surface area contributed by atoms with Crippen LogP contribution in [0.1, 0.15) is 29.8 Å². The van der Waals surface area contributed by atoms with Gasteiger partial charge in [0.15, 0.2) is 0 Å². The molecule has 2 nitrogen and oxygen atoms in total. The summed E-state index contributed by atoms with van der Waals surface area (Å²) in [6, 6.07) is 7.59. The second-order valence-corrected chi connectivity index (χ2v) is 6.95. The summed E-state index contributed by atoms with van der Waals surface area (Å²) in [7, 11) is 0. The zero-order chi connectivity index (χ0) is 13.1. The van der Waals surface area contributed by atoms with Gasteiger partial charge in [-0.15, -0.1) is 11.6 Å². The molecule has 0 spiro atoms. The first-order valence-electron chi connectivity index (χ1n) is 6.19. The number of benzene rings is 1. The Kier molecular flexibility index (Phi) is 4.57. The van der Waals surface area contributed by atoms with Crippen molar-refractivity contribution < 1.29 is 4.79 Å². The predicted octanol–water partition coefficient (Wildman–Crippen LogP) is 3.39. The smallest absolute Gasteiger partial charge is 0.253 e. The molecule has 1 aromatic rings. The largest absolute Gasteiger partial charge is 0.336 e. The molecular formula is C14H18ClNOS. The van der Waals surface area contributed by atoms with Crippen LogP contribution in [0.5, 0.6) is 0 Å². The number of rotatable bonds is 2. The van der Waals surface area contributed by atoms with Gasteiger partial charge in [-0.25, -0.2) is 0 Å². The lowest BCUT2D eigenvalue weighted by Crippen LogP contribution is -2.44. The summed E-state index contributed by atoms with van der Waals surface area (Å²) in [5, 5.41) is 1.03. The van der Waals surface area contributed by atoms with E-state index in [9.17, 15) is 4.79 Å². The van der Waals surface area contributed by atoms with Crippen LogP contribution in [0.2, 0.25) is 0 Å². The van der Waals surface area contributed by atoms with Crippen molar-refractivity contribution in [2.45, 2.75) is 30.2 Å². The molecule has 4 heteroatoms. The average molecular weight is 284 g/mol. The number of hydrogen-bond donors (Lipinski definition) is 0. The van der Waals surface area contributed by atoms with E-state index in [2.05, 4.69) is 13.8 Å². The van der Waals surface area contributed by atoms with Crippen molar-refractivity contribution in [3.05, 3.63) is 35.4 Å². The monoisotopic (exact) mass is 283 g/mol. The molecule has 1 aliphatic heterocycles. The highest BCUT2D eigenvalue weighted by Crippen LogP contribution is 2.25. The minimum absolute atomic E-state index is 0.134. The molecule has 1 saturated heterocycles. The van der Waals surface area contributed by atoms with E-state index in [4.69, 9.17) is 11.6 Å². The minimum atomic E-state index is 0.134. The summed E-state index contributed by atoms with van der Waals surface area (Å²) in [6.07, 6.45) is 0. The minimum Gasteiger partial charge on any atom is -0.336 e. The molecule has 0 aromatic heterocycles. The molecule has 0 radical (unpaired) electrons. The molecule has 2 rings (SSSR count). The highest BCUT2D eigenvalue weighted by atomic mass is 35.5. The zero-order valence-electron chi connectivity index (χ0n) is 10.7. The van der Waals surface area contributed by atoms with Crippen LogP contribution in [0.15, 0.2) is 24.3 Å². The number of thioether (sulfide) groups is 1. The van der Waals surface area contributed by atoms with E-state index in [0.29, 0.717) is 16.4 Å². The van der Waals surface area contributed by atoms with Gasteiger partial charge in [-0.2, -0.15) is 11.8 Å². The Hall–Kier alpha value is -0.670. The second kappa shape index (κ2) is 5.98. The fourth-order valence-corrected chi connectivity index (χ4v) is 3.77. The highest BCUT2D eigenvalue weighted by molar-refractivity contribution is 8.00. The number of nitrogens with zero attached hydrogens (tertiary/aromatic N) is 1. The van der Waals surface area contributed by atoms with Crippen LogP contribution < -0.4 is 0 Å². The van der Waals surface area contributed by atoms with Crippen molar-refractivity contribution >= 4 is 29.3 Å². The maximum absolute atomic E-state index is 12.4. The van der Waals surface area contributed by atoms with Crippen LogP contribution in [0.3, 0.4) is 0 Å². The molecule has 1 aromatic carbocycles. The fraction of sp³-hybridized carbons (Fsp3) is 0.500. The van der Waals surface area contributed by atoms with Crippen LogP contribution in [0.25, 0.3) is 0 Å². The van der Waals surface area contributed by atoms with Crippen molar-refractivity contribution in [3.63, 3.8) is 0 Å². The molecule has 1 aliphatic rings. The molecule has 1 fully saturated rings. The molecule has 0 bridgehead atoms. The van der Waals surface area contributed by atoms with Gasteiger partial charge in [0.25, 0.3) is 5.91 Å². The van der Waals surface area contributed by atoms with E-state index in [1.165, 1.54) is 0 Å². The van der Waals surface area contributed by atoms with Gasteiger partial charge >= 0.3 is 0 Å². The lowest BCUT2D eigenvalue weighted by molar-refractivity contribution is 0.0753. The first-order chi connectivity index (χ1) is 8.60. The third kappa shape index (κ3) is 3.21. The lowest BCUT2D eigenvalue weighted by atomic mass is 10.1. The van der Waals surface area contributed by atoms with E-state index >= 15 is 0 Å². The summed E-state index contributed by atoms with van der Waals surface area (Å²) in [4.78, 5) is 14.3. The quantitative estimate of drug-likeness (QED) is 0.776. The van der Waals surface area contributed by atoms with Crippen LogP contribution in [-0.2, 0) is 5.88 Å². The number of carbonyl (C=O) groups is 1. The maximum atomic E-state index is 12.4. The Bertz CT molecular complexity index is 410. The van der Waals surface area contributed by atoms with Gasteiger partial charge in [0, 0.05) is 35.0 Å². The summed E-state index contributed by atoms with van der Waals surface area (Å²) in [6.45, 7) is 6.03. The Labute approximate surface area is 118 Å². The van der Waals surface area contributed by atoms with E-state index < -0.39 is 0 Å². The number of hydrogen-bond acceptors (Lipinski definition) is 2. The van der Waals surface area contributed by atoms with Crippen molar-refractivity contribution in [2.24, 2.45) is 0 Å². The molecule has 18 heavy (non-hydrogen) atoms. The number of alkyl halides is 1. The number of amides is 1. The van der Waals surface area contributed by atoms with E-state index in [1.807, 2.05) is 40.9 Å². The fourth-order valence-electron chi connectivity index (χ4n) is 2.26. The third-order valence-electron chi connectivity index (χ3n) is 3.06. The molecule has 98 valence electrons. The van der Waals surface area contributed by atoms with Gasteiger partial charge in [0.1, 0.15) is 0 Å². The Balaban J connectivity index is 2.09. The summed E-state index contributed by atoms with van der Waals surface area (Å²) in [5.41, 5.74) is 1.80. The molecule has 0 aliphatic carbocycles. The van der Waals surface area contributed by atoms with Gasteiger partial charge in [-0.1, -0.05) is 26.0 Å². The van der Waals surface area contributed by atoms with E-state index in [1.54, 1.807) is 0 Å². The lowest BCUT2D eigenvalue weighted by Gasteiger charge is -2.34. The Morgan fingerprint density at radius 1 is 1.28 bits per heavy atom. The van der Waals surface area contributed by atoms with Crippen molar-refractivity contribution in [3.8, 4) is 0 Å². The number of halogens is 1. The van der Waals surface area contributed by atoms with Crippen LogP contribution in [-0.4, -0.2) is 34.4 Å². The van der Waals surface area contributed by atoms with E-state index in [0.717, 1.165) is 24.2 Å². The summed E-state index contributed by atoms with van der Waals surface area (Å²) in [5.74, 6) is 0.623. The van der Waals surface area contributed by atoms with Gasteiger partial charge < -0.3 is 4.90 Å².